The molecule has 1 aliphatic rings. The summed E-state index contributed by atoms with van der Waals surface area (Å²) in [5.74, 6) is -0.158. The van der Waals surface area contributed by atoms with Gasteiger partial charge in [-0.15, -0.1) is 0 Å². The first-order valence-electron chi connectivity index (χ1n) is 15.6. The molecule has 3 rings (SSSR count). The Balaban J connectivity index is 1.43. The standard InChI is InChI=1S/C33H47N3O10/c1-33(2,3)46-32(43)36(19-10-5-4-9-18-34-30(42)22-11-7-6-8-12-22)20-17-26(38)35-23-13-15-24(16-14-23)44-31-29(41)28(40)27(39)25(21-37)45-31/h6-8,11-16,25,27-29,31,37,39-41H,4-5,9-10,17-21H2,1-3H3,(H,34,42)(H,35,38). The van der Waals surface area contributed by atoms with E-state index >= 15 is 0 Å². The van der Waals surface area contributed by atoms with Gasteiger partial charge in [-0.3, -0.25) is 9.59 Å². The number of aliphatic hydroxyl groups excluding tert-OH is 4. The predicted molar refractivity (Wildman–Crippen MR) is 169 cm³/mol. The van der Waals surface area contributed by atoms with Crippen LogP contribution in [-0.4, -0.2) is 106 Å². The molecule has 254 valence electrons. The van der Waals surface area contributed by atoms with E-state index in [2.05, 4.69) is 10.6 Å². The van der Waals surface area contributed by atoms with Crippen LogP contribution in [0.25, 0.3) is 0 Å². The highest BCUT2D eigenvalue weighted by Gasteiger charge is 2.44. The molecule has 3 amide bonds. The molecule has 1 fully saturated rings. The minimum absolute atomic E-state index is 0.0356. The van der Waals surface area contributed by atoms with Crippen molar-refractivity contribution in [2.75, 3.05) is 31.6 Å². The van der Waals surface area contributed by atoms with Crippen LogP contribution in [0.1, 0.15) is 63.2 Å². The molecule has 13 heteroatoms. The van der Waals surface area contributed by atoms with Crippen molar-refractivity contribution in [3.8, 4) is 5.75 Å². The minimum atomic E-state index is -1.56. The van der Waals surface area contributed by atoms with Crippen LogP contribution >= 0.6 is 0 Å². The number of amides is 3. The van der Waals surface area contributed by atoms with Crippen LogP contribution < -0.4 is 15.4 Å². The normalized spacial score (nSPS) is 21.2. The number of carbonyl (C=O) groups excluding carboxylic acids is 3. The fourth-order valence-corrected chi connectivity index (χ4v) is 4.67. The lowest BCUT2D eigenvalue weighted by molar-refractivity contribution is -0.277. The van der Waals surface area contributed by atoms with E-state index < -0.39 is 49.0 Å². The third-order valence-electron chi connectivity index (χ3n) is 7.18. The van der Waals surface area contributed by atoms with Gasteiger partial charge in [0.2, 0.25) is 12.2 Å². The van der Waals surface area contributed by atoms with Crippen molar-refractivity contribution in [2.24, 2.45) is 0 Å². The summed E-state index contributed by atoms with van der Waals surface area (Å²) in [5.41, 5.74) is 0.403. The second-order valence-corrected chi connectivity index (χ2v) is 12.1. The molecule has 5 atom stereocenters. The van der Waals surface area contributed by atoms with Gasteiger partial charge in [0.05, 0.1) is 6.61 Å². The minimum Gasteiger partial charge on any atom is -0.462 e. The second kappa shape index (κ2) is 17.8. The van der Waals surface area contributed by atoms with E-state index in [1.165, 1.54) is 17.0 Å². The lowest BCUT2D eigenvalue weighted by Gasteiger charge is -2.39. The van der Waals surface area contributed by atoms with Crippen molar-refractivity contribution in [1.29, 1.82) is 0 Å². The van der Waals surface area contributed by atoms with Gasteiger partial charge >= 0.3 is 6.09 Å². The molecule has 0 saturated carbocycles. The highest BCUT2D eigenvalue weighted by atomic mass is 16.7. The second-order valence-electron chi connectivity index (χ2n) is 12.1. The Bertz CT molecular complexity index is 1240. The van der Waals surface area contributed by atoms with E-state index in [1.54, 1.807) is 45.0 Å². The molecule has 0 aromatic heterocycles. The van der Waals surface area contributed by atoms with Gasteiger partial charge in [-0.25, -0.2) is 4.79 Å². The van der Waals surface area contributed by atoms with E-state index in [4.69, 9.17) is 14.2 Å². The van der Waals surface area contributed by atoms with E-state index in [0.29, 0.717) is 30.8 Å². The maximum Gasteiger partial charge on any atom is 0.410 e. The van der Waals surface area contributed by atoms with Crippen molar-refractivity contribution in [2.45, 2.75) is 89.2 Å². The number of hydrogen-bond acceptors (Lipinski definition) is 10. The Morgan fingerprint density at radius 3 is 2.20 bits per heavy atom. The number of unbranched alkanes of at least 4 members (excludes halogenated alkanes) is 3. The molecule has 1 aliphatic heterocycles. The van der Waals surface area contributed by atoms with Gasteiger partial charge in [-0.05, 0) is 70.0 Å². The van der Waals surface area contributed by atoms with Gasteiger partial charge in [0.25, 0.3) is 5.91 Å². The lowest BCUT2D eigenvalue weighted by atomic mass is 9.99. The predicted octanol–water partition coefficient (Wildman–Crippen LogP) is 2.42. The van der Waals surface area contributed by atoms with E-state index in [-0.39, 0.29) is 30.5 Å². The van der Waals surface area contributed by atoms with Crippen LogP contribution in [0.5, 0.6) is 5.75 Å². The largest absolute Gasteiger partial charge is 0.462 e. The van der Waals surface area contributed by atoms with Gasteiger partial charge in [-0.2, -0.15) is 0 Å². The number of nitrogens with zero attached hydrogens (tertiary/aromatic N) is 1. The van der Waals surface area contributed by atoms with Crippen LogP contribution in [0.15, 0.2) is 54.6 Å². The summed E-state index contributed by atoms with van der Waals surface area (Å²) in [5, 5.41) is 45.1. The number of carbonyl (C=O) groups is 3. The summed E-state index contributed by atoms with van der Waals surface area (Å²) in [6.07, 6.45) is -4.25. The third-order valence-corrected chi connectivity index (χ3v) is 7.18. The van der Waals surface area contributed by atoms with Gasteiger partial charge < -0.3 is 50.2 Å². The topological polar surface area (TPSA) is 187 Å². The highest BCUT2D eigenvalue weighted by Crippen LogP contribution is 2.25. The average Bonchev–Trinajstić information content (AvgIpc) is 3.02. The van der Waals surface area contributed by atoms with Crippen LogP contribution in [0.2, 0.25) is 0 Å². The van der Waals surface area contributed by atoms with Gasteiger partial charge in [-0.1, -0.05) is 31.0 Å². The van der Waals surface area contributed by atoms with Crippen molar-refractivity contribution in [3.63, 3.8) is 0 Å². The summed E-state index contributed by atoms with van der Waals surface area (Å²) in [6.45, 7) is 5.91. The van der Waals surface area contributed by atoms with E-state index in [9.17, 15) is 34.8 Å². The molecule has 0 spiro atoms. The Morgan fingerprint density at radius 1 is 0.870 bits per heavy atom. The highest BCUT2D eigenvalue weighted by molar-refractivity contribution is 5.94. The molecule has 5 unspecified atom stereocenters. The van der Waals surface area contributed by atoms with Crippen LogP contribution in [0.4, 0.5) is 10.5 Å². The monoisotopic (exact) mass is 645 g/mol. The fourth-order valence-electron chi connectivity index (χ4n) is 4.67. The van der Waals surface area contributed by atoms with E-state index in [0.717, 1.165) is 19.3 Å². The van der Waals surface area contributed by atoms with Crippen LogP contribution in [-0.2, 0) is 14.3 Å². The zero-order chi connectivity index (χ0) is 33.7. The molecule has 2 aromatic carbocycles. The number of nitrogens with one attached hydrogen (secondary N) is 2. The zero-order valence-electron chi connectivity index (χ0n) is 26.6. The molecule has 13 nitrogen and oxygen atoms in total. The molecule has 0 aliphatic carbocycles. The molecular formula is C33H47N3O10. The van der Waals surface area contributed by atoms with Crippen LogP contribution in [0.3, 0.4) is 0 Å². The average molecular weight is 646 g/mol. The molecule has 46 heavy (non-hydrogen) atoms. The summed E-state index contributed by atoms with van der Waals surface area (Å²) in [4.78, 5) is 39.3. The fraction of sp³-hybridized carbons (Fsp3) is 0.545. The van der Waals surface area contributed by atoms with Gasteiger partial charge in [0, 0.05) is 37.3 Å². The van der Waals surface area contributed by atoms with Crippen molar-refractivity contribution >= 4 is 23.6 Å². The van der Waals surface area contributed by atoms with Crippen molar-refractivity contribution < 1.29 is 49.0 Å². The molecule has 1 saturated heterocycles. The van der Waals surface area contributed by atoms with Crippen LogP contribution in [0, 0.1) is 0 Å². The number of aliphatic hydroxyl groups is 4. The molecule has 6 N–H and O–H groups in total. The molecule has 0 bridgehead atoms. The molecule has 2 aromatic rings. The SMILES string of the molecule is CC(C)(C)OC(=O)N(CCCCCCNC(=O)c1ccccc1)CCC(=O)Nc1ccc(OC2OC(CO)C(O)C(O)C2O)cc1. The third kappa shape index (κ3) is 11.9. The summed E-state index contributed by atoms with van der Waals surface area (Å²) < 4.78 is 16.5. The molecule has 0 radical (unpaired) electrons. The number of hydrogen-bond donors (Lipinski definition) is 6. The van der Waals surface area contributed by atoms with Crippen molar-refractivity contribution in [3.05, 3.63) is 60.2 Å². The van der Waals surface area contributed by atoms with Gasteiger partial charge in [0.15, 0.2) is 0 Å². The Morgan fingerprint density at radius 2 is 1.54 bits per heavy atom. The van der Waals surface area contributed by atoms with E-state index in [1.807, 2.05) is 18.2 Å². The summed E-state index contributed by atoms with van der Waals surface area (Å²) in [6, 6.07) is 15.2. The molecule has 1 heterocycles. The van der Waals surface area contributed by atoms with Crippen molar-refractivity contribution in [1.82, 2.24) is 10.2 Å². The number of anilines is 1. The molecular weight excluding hydrogens is 598 g/mol. The first-order valence-corrected chi connectivity index (χ1v) is 15.6. The number of benzene rings is 2. The quantitative estimate of drug-likeness (QED) is 0.157. The Kier molecular flexibility index (Phi) is 14.2. The summed E-state index contributed by atoms with van der Waals surface area (Å²) in [7, 11) is 0. The zero-order valence-corrected chi connectivity index (χ0v) is 26.6. The lowest BCUT2D eigenvalue weighted by Crippen LogP contribution is -2.60. The number of ether oxygens (including phenoxy) is 3. The Hall–Kier alpha value is -3.75. The first-order chi connectivity index (χ1) is 21.9. The van der Waals surface area contributed by atoms with Gasteiger partial charge in [0.1, 0.15) is 35.8 Å². The maximum absolute atomic E-state index is 12.8. The summed E-state index contributed by atoms with van der Waals surface area (Å²) >= 11 is 0. The first kappa shape index (κ1) is 36.7. The Labute approximate surface area is 269 Å². The smallest absolute Gasteiger partial charge is 0.410 e. The maximum atomic E-state index is 12.8. The number of rotatable bonds is 15.